The number of carbonyl (C=O) groups excluding carboxylic acids is 1. The molecule has 0 aliphatic carbocycles. The number of hydrogen-bond acceptors (Lipinski definition) is 5. The minimum atomic E-state index is -0.271. The van der Waals surface area contributed by atoms with Crippen molar-refractivity contribution >= 4 is 17.7 Å². The van der Waals surface area contributed by atoms with Crippen LogP contribution < -0.4 is 5.73 Å². The molecular weight excluding hydrogens is 202 g/mol. The molecule has 6 nitrogen and oxygen atoms in total. The molecule has 0 unspecified atom stereocenters. The van der Waals surface area contributed by atoms with Crippen LogP contribution in [0.5, 0.6) is 0 Å². The van der Waals surface area contributed by atoms with Gasteiger partial charge in [-0.1, -0.05) is 0 Å². The summed E-state index contributed by atoms with van der Waals surface area (Å²) in [6.45, 7) is 2.74. The Morgan fingerprint density at radius 3 is 3.07 bits per heavy atom. The lowest BCUT2D eigenvalue weighted by molar-refractivity contribution is -0.117. The van der Waals surface area contributed by atoms with Gasteiger partial charge in [0.25, 0.3) is 0 Å². The average Bonchev–Trinajstić information content (AvgIpc) is 2.59. The van der Waals surface area contributed by atoms with Crippen molar-refractivity contribution in [1.29, 1.82) is 0 Å². The molecule has 1 heterocycles. The summed E-state index contributed by atoms with van der Waals surface area (Å²) in [4.78, 5) is 10.4. The van der Waals surface area contributed by atoms with Crippen molar-refractivity contribution < 1.29 is 4.79 Å². The van der Waals surface area contributed by atoms with E-state index >= 15 is 0 Å². The number of aryl methyl sites for hydroxylation is 1. The second-order valence-corrected chi connectivity index (χ2v) is 3.78. The smallest absolute Gasteiger partial charge is 0.218 e. The first kappa shape index (κ1) is 11.0. The van der Waals surface area contributed by atoms with Gasteiger partial charge >= 0.3 is 0 Å². The van der Waals surface area contributed by atoms with E-state index in [0.717, 1.165) is 12.4 Å². The molecule has 78 valence electrons. The molecule has 2 N–H and O–H groups in total. The summed E-state index contributed by atoms with van der Waals surface area (Å²) in [6.07, 6.45) is 0.401. The van der Waals surface area contributed by atoms with Crippen molar-refractivity contribution in [3.63, 3.8) is 0 Å². The van der Waals surface area contributed by atoms with Gasteiger partial charge in [-0.25, -0.2) is 4.68 Å². The third-order valence-electron chi connectivity index (χ3n) is 1.63. The van der Waals surface area contributed by atoms with Crippen molar-refractivity contribution in [3.05, 3.63) is 5.82 Å². The van der Waals surface area contributed by atoms with Gasteiger partial charge in [0.1, 0.15) is 0 Å². The molecule has 0 aliphatic rings. The number of tetrazole rings is 1. The largest absolute Gasteiger partial charge is 0.370 e. The summed E-state index contributed by atoms with van der Waals surface area (Å²) < 4.78 is 1.73. The van der Waals surface area contributed by atoms with E-state index in [1.54, 1.807) is 16.4 Å². The van der Waals surface area contributed by atoms with Gasteiger partial charge in [-0.05, 0) is 17.4 Å². The third kappa shape index (κ3) is 3.33. The van der Waals surface area contributed by atoms with E-state index in [9.17, 15) is 4.79 Å². The predicted octanol–water partition coefficient (Wildman–Crippen LogP) is -0.198. The van der Waals surface area contributed by atoms with E-state index in [1.165, 1.54) is 0 Å². The van der Waals surface area contributed by atoms with Crippen LogP contribution in [-0.2, 0) is 17.1 Å². The number of amides is 1. The van der Waals surface area contributed by atoms with Crippen molar-refractivity contribution in [2.75, 3.05) is 5.75 Å². The van der Waals surface area contributed by atoms with E-state index in [-0.39, 0.29) is 5.91 Å². The SMILES string of the molecule is CCn1nnnc1CSCCC(N)=O. The highest BCUT2D eigenvalue weighted by Gasteiger charge is 2.04. The zero-order chi connectivity index (χ0) is 10.4. The second-order valence-electron chi connectivity index (χ2n) is 2.68. The van der Waals surface area contributed by atoms with Crippen LogP contribution in [0.2, 0.25) is 0 Å². The van der Waals surface area contributed by atoms with E-state index in [4.69, 9.17) is 5.73 Å². The fourth-order valence-electron chi connectivity index (χ4n) is 0.909. The lowest BCUT2D eigenvalue weighted by Crippen LogP contribution is -2.11. The minimum Gasteiger partial charge on any atom is -0.370 e. The topological polar surface area (TPSA) is 86.7 Å². The highest BCUT2D eigenvalue weighted by molar-refractivity contribution is 7.98. The van der Waals surface area contributed by atoms with Gasteiger partial charge in [-0.15, -0.1) is 5.10 Å². The van der Waals surface area contributed by atoms with Crippen LogP contribution in [0, 0.1) is 0 Å². The van der Waals surface area contributed by atoms with Gasteiger partial charge < -0.3 is 5.73 Å². The number of nitrogens with zero attached hydrogens (tertiary/aromatic N) is 4. The fourth-order valence-corrected chi connectivity index (χ4v) is 1.79. The molecule has 7 heteroatoms. The van der Waals surface area contributed by atoms with E-state index in [2.05, 4.69) is 15.5 Å². The van der Waals surface area contributed by atoms with Crippen LogP contribution in [0.4, 0.5) is 0 Å². The Bertz CT molecular complexity index is 300. The zero-order valence-electron chi connectivity index (χ0n) is 8.01. The number of primary amides is 1. The molecule has 1 aromatic rings. The molecule has 0 spiro atoms. The zero-order valence-corrected chi connectivity index (χ0v) is 8.83. The molecule has 0 saturated heterocycles. The van der Waals surface area contributed by atoms with Crippen LogP contribution in [0.3, 0.4) is 0 Å². The summed E-state index contributed by atoms with van der Waals surface area (Å²) in [5.41, 5.74) is 5.01. The normalized spacial score (nSPS) is 10.4. The first-order valence-electron chi connectivity index (χ1n) is 4.35. The van der Waals surface area contributed by atoms with Crippen molar-refractivity contribution in [3.8, 4) is 0 Å². The highest BCUT2D eigenvalue weighted by atomic mass is 32.2. The Morgan fingerprint density at radius 1 is 1.64 bits per heavy atom. The molecule has 14 heavy (non-hydrogen) atoms. The van der Waals surface area contributed by atoms with E-state index in [1.807, 2.05) is 6.92 Å². The average molecular weight is 215 g/mol. The number of rotatable bonds is 6. The number of nitrogens with two attached hydrogens (primary N) is 1. The lowest BCUT2D eigenvalue weighted by Gasteiger charge is -2.00. The molecular formula is C7H13N5OS. The first-order valence-corrected chi connectivity index (χ1v) is 5.50. The second kappa shape index (κ2) is 5.58. The minimum absolute atomic E-state index is 0.271. The maximum absolute atomic E-state index is 10.4. The number of hydrogen-bond donors (Lipinski definition) is 1. The third-order valence-corrected chi connectivity index (χ3v) is 2.58. The van der Waals surface area contributed by atoms with Crippen LogP contribution in [0.15, 0.2) is 0 Å². The van der Waals surface area contributed by atoms with Gasteiger partial charge in [-0.3, -0.25) is 4.79 Å². The Kier molecular flexibility index (Phi) is 4.37. The monoisotopic (exact) mass is 215 g/mol. The lowest BCUT2D eigenvalue weighted by atomic mass is 10.5. The summed E-state index contributed by atoms with van der Waals surface area (Å²) >= 11 is 1.60. The molecule has 0 aliphatic heterocycles. The van der Waals surface area contributed by atoms with Crippen molar-refractivity contribution in [1.82, 2.24) is 20.2 Å². The maximum Gasteiger partial charge on any atom is 0.218 e. The number of thioether (sulfide) groups is 1. The summed E-state index contributed by atoms with van der Waals surface area (Å²) in [5.74, 6) is 1.99. The molecule has 0 aromatic carbocycles. The molecule has 1 amide bonds. The Morgan fingerprint density at radius 2 is 2.43 bits per heavy atom. The standard InChI is InChI=1S/C7H13N5OS/c1-2-12-7(9-10-11-12)5-14-4-3-6(8)13/h2-5H2,1H3,(H2,8,13). The number of aromatic nitrogens is 4. The summed E-state index contributed by atoms with van der Waals surface area (Å²) in [7, 11) is 0. The van der Waals surface area contributed by atoms with Gasteiger partial charge in [0.2, 0.25) is 5.91 Å². The molecule has 0 atom stereocenters. The van der Waals surface area contributed by atoms with E-state index in [0.29, 0.717) is 17.9 Å². The summed E-state index contributed by atoms with van der Waals surface area (Å²) in [5, 5.41) is 11.2. The van der Waals surface area contributed by atoms with Gasteiger partial charge in [0.15, 0.2) is 5.82 Å². The molecule has 0 radical (unpaired) electrons. The quantitative estimate of drug-likeness (QED) is 0.664. The van der Waals surface area contributed by atoms with Crippen LogP contribution in [0.1, 0.15) is 19.2 Å². The first-order chi connectivity index (χ1) is 6.74. The van der Waals surface area contributed by atoms with Crippen LogP contribution in [0.25, 0.3) is 0 Å². The Hall–Kier alpha value is -1.11. The number of carbonyl (C=O) groups is 1. The molecule has 0 bridgehead atoms. The van der Waals surface area contributed by atoms with Gasteiger partial charge in [0.05, 0.1) is 5.75 Å². The van der Waals surface area contributed by atoms with Gasteiger partial charge in [-0.2, -0.15) is 11.8 Å². The molecule has 0 fully saturated rings. The summed E-state index contributed by atoms with van der Waals surface area (Å²) in [6, 6.07) is 0. The van der Waals surface area contributed by atoms with Crippen LogP contribution in [-0.4, -0.2) is 31.9 Å². The molecule has 0 saturated carbocycles. The van der Waals surface area contributed by atoms with Crippen LogP contribution >= 0.6 is 11.8 Å². The van der Waals surface area contributed by atoms with E-state index < -0.39 is 0 Å². The van der Waals surface area contributed by atoms with Gasteiger partial charge in [0, 0.05) is 18.7 Å². The Balaban J connectivity index is 2.27. The van der Waals surface area contributed by atoms with Crippen molar-refractivity contribution in [2.45, 2.75) is 25.6 Å². The molecule has 1 rings (SSSR count). The fraction of sp³-hybridized carbons (Fsp3) is 0.714. The Labute approximate surface area is 86.2 Å². The maximum atomic E-state index is 10.4. The predicted molar refractivity (Wildman–Crippen MR) is 53.5 cm³/mol. The highest BCUT2D eigenvalue weighted by Crippen LogP contribution is 2.09. The van der Waals surface area contributed by atoms with Crippen molar-refractivity contribution in [2.24, 2.45) is 5.73 Å². The molecule has 1 aromatic heterocycles.